The van der Waals surface area contributed by atoms with E-state index < -0.39 is 36.3 Å². The molecular weight excluding hydrogens is 356 g/mol. The van der Waals surface area contributed by atoms with E-state index in [1.165, 1.54) is 25.7 Å². The fraction of sp³-hybridized carbons (Fsp3) is 0.889. The molecule has 8 heteroatoms. The van der Waals surface area contributed by atoms with Gasteiger partial charge in [-0.1, -0.05) is 51.9 Å². The molecule has 0 aromatic heterocycles. The molecule has 0 aromatic rings. The van der Waals surface area contributed by atoms with Crippen molar-refractivity contribution in [2.45, 2.75) is 84.5 Å². The fourth-order valence-corrected chi connectivity index (χ4v) is 2.07. The summed E-state index contributed by atoms with van der Waals surface area (Å²) < 4.78 is 58.8. The second-order valence-corrected chi connectivity index (χ2v) is 6.87. The summed E-state index contributed by atoms with van der Waals surface area (Å²) in [6, 6.07) is 0. The molecule has 0 aromatic carbocycles. The minimum absolute atomic E-state index is 0.109. The molecule has 0 spiro atoms. The lowest BCUT2D eigenvalue weighted by Gasteiger charge is -2.22. The number of halogens is 4. The van der Waals surface area contributed by atoms with Crippen LogP contribution in [0, 0.1) is 5.41 Å². The molecule has 0 fully saturated rings. The lowest BCUT2D eigenvalue weighted by atomic mass is 9.94. The number of hydrogen-bond donors (Lipinski definition) is 0. The van der Waals surface area contributed by atoms with Crippen LogP contribution in [0.5, 0.6) is 0 Å². The van der Waals surface area contributed by atoms with Crippen molar-refractivity contribution in [1.82, 2.24) is 0 Å². The van der Waals surface area contributed by atoms with Gasteiger partial charge in [0.15, 0.2) is 12.0 Å². The highest BCUT2D eigenvalue weighted by molar-refractivity contribution is 5.99. The number of carbonyl (C=O) groups is 2. The molecule has 154 valence electrons. The van der Waals surface area contributed by atoms with Crippen LogP contribution in [0.3, 0.4) is 0 Å². The first-order chi connectivity index (χ1) is 12.1. The predicted octanol–water partition coefficient (Wildman–Crippen LogP) is 5.14. The van der Waals surface area contributed by atoms with Crippen molar-refractivity contribution in [3.05, 3.63) is 0 Å². The zero-order valence-corrected chi connectivity index (χ0v) is 15.8. The van der Waals surface area contributed by atoms with Crippen molar-refractivity contribution in [2.75, 3.05) is 13.2 Å². The third-order valence-electron chi connectivity index (χ3n) is 3.97. The second-order valence-electron chi connectivity index (χ2n) is 6.87. The first-order valence-corrected chi connectivity index (χ1v) is 9.06. The van der Waals surface area contributed by atoms with E-state index in [0.29, 0.717) is 6.42 Å². The van der Waals surface area contributed by atoms with Crippen molar-refractivity contribution >= 4 is 11.9 Å². The summed E-state index contributed by atoms with van der Waals surface area (Å²) in [6.45, 7) is 2.77. The number of carbonyl (C=O) groups excluding carboxylic acids is 2. The lowest BCUT2D eigenvalue weighted by molar-refractivity contribution is -0.190. The Hall–Kier alpha value is -1.34. The molecule has 0 aliphatic rings. The van der Waals surface area contributed by atoms with Crippen LogP contribution in [0.2, 0.25) is 0 Å². The molecule has 0 unspecified atom stereocenters. The highest BCUT2D eigenvalue weighted by Crippen LogP contribution is 2.26. The number of esters is 2. The Morgan fingerprint density at radius 2 is 1.31 bits per heavy atom. The van der Waals surface area contributed by atoms with E-state index in [0.717, 1.165) is 33.1 Å². The van der Waals surface area contributed by atoms with Gasteiger partial charge in [-0.3, -0.25) is 9.59 Å². The Morgan fingerprint density at radius 1 is 0.846 bits per heavy atom. The first-order valence-electron chi connectivity index (χ1n) is 9.06. The Balaban J connectivity index is 4.05. The third-order valence-corrected chi connectivity index (χ3v) is 3.97. The maximum absolute atomic E-state index is 12.8. The Morgan fingerprint density at radius 3 is 1.81 bits per heavy atom. The van der Waals surface area contributed by atoms with Crippen LogP contribution in [0.25, 0.3) is 0 Å². The zero-order valence-electron chi connectivity index (χ0n) is 15.8. The van der Waals surface area contributed by atoms with Gasteiger partial charge >= 0.3 is 24.3 Å². The minimum atomic E-state index is -4.45. The van der Waals surface area contributed by atoms with Crippen LogP contribution in [-0.2, 0) is 19.1 Å². The van der Waals surface area contributed by atoms with Crippen LogP contribution < -0.4 is 0 Å². The van der Waals surface area contributed by atoms with Gasteiger partial charge in [0.25, 0.3) is 0 Å². The topological polar surface area (TPSA) is 52.6 Å². The monoisotopic (exact) mass is 386 g/mol. The van der Waals surface area contributed by atoms with Crippen molar-refractivity contribution in [3.8, 4) is 0 Å². The summed E-state index contributed by atoms with van der Waals surface area (Å²) in [4.78, 5) is 23.6. The summed E-state index contributed by atoms with van der Waals surface area (Å²) in [6.07, 6.45) is 4.51. The molecule has 0 aliphatic heterocycles. The quantitative estimate of drug-likeness (QED) is 0.180. The number of rotatable bonds is 14. The number of hydrogen-bond acceptors (Lipinski definition) is 4. The number of unbranched alkanes of at least 4 members (excludes halogenated alkanes) is 7. The molecule has 0 N–H and O–H groups in total. The molecule has 0 saturated heterocycles. The predicted molar refractivity (Wildman–Crippen MR) is 89.3 cm³/mol. The Bertz CT molecular complexity index is 425. The van der Waals surface area contributed by atoms with Gasteiger partial charge in [0.2, 0.25) is 0 Å². The van der Waals surface area contributed by atoms with Gasteiger partial charge in [0.05, 0.1) is 6.61 Å². The third kappa shape index (κ3) is 9.38. The molecule has 26 heavy (non-hydrogen) atoms. The molecular formula is C18H30F4O4. The minimum Gasteiger partial charge on any atom is -0.465 e. The second kappa shape index (κ2) is 12.1. The van der Waals surface area contributed by atoms with E-state index in [4.69, 9.17) is 4.74 Å². The summed E-state index contributed by atoms with van der Waals surface area (Å²) in [7, 11) is 0. The summed E-state index contributed by atoms with van der Waals surface area (Å²) >= 11 is 0. The van der Waals surface area contributed by atoms with E-state index in [1.54, 1.807) is 0 Å². The van der Waals surface area contributed by atoms with Gasteiger partial charge < -0.3 is 9.47 Å². The fourth-order valence-electron chi connectivity index (χ4n) is 2.07. The molecule has 0 amide bonds. The maximum Gasteiger partial charge on any atom is 0.340 e. The van der Waals surface area contributed by atoms with Crippen molar-refractivity contribution in [3.63, 3.8) is 0 Å². The molecule has 0 saturated carbocycles. The first kappa shape index (κ1) is 24.7. The Kier molecular flexibility index (Phi) is 11.5. The Labute approximate surface area is 152 Å². The summed E-state index contributed by atoms with van der Waals surface area (Å²) in [5, 5.41) is 0. The van der Waals surface area contributed by atoms with E-state index in [2.05, 4.69) is 11.7 Å². The normalized spacial score (nSPS) is 12.3. The van der Waals surface area contributed by atoms with Gasteiger partial charge in [0, 0.05) is 0 Å². The highest BCUT2D eigenvalue weighted by Gasteiger charge is 2.45. The van der Waals surface area contributed by atoms with E-state index in [9.17, 15) is 27.2 Å². The van der Waals surface area contributed by atoms with Crippen molar-refractivity contribution in [2.24, 2.45) is 5.41 Å². The SMILES string of the molecule is CCCCCCCCCCOC(=O)C(C)(C)C(=O)OCC(F)(F)C(F)F. The van der Waals surface area contributed by atoms with Crippen molar-refractivity contribution < 1.29 is 36.6 Å². The van der Waals surface area contributed by atoms with Crippen LogP contribution in [0.1, 0.15) is 72.1 Å². The zero-order chi connectivity index (χ0) is 20.2. The van der Waals surface area contributed by atoms with Crippen LogP contribution in [0.15, 0.2) is 0 Å². The molecule has 4 nitrogen and oxygen atoms in total. The average molecular weight is 386 g/mol. The molecule has 0 atom stereocenters. The average Bonchev–Trinajstić information content (AvgIpc) is 2.57. The van der Waals surface area contributed by atoms with Crippen LogP contribution >= 0.6 is 0 Å². The largest absolute Gasteiger partial charge is 0.465 e. The van der Waals surface area contributed by atoms with E-state index in [1.807, 2.05) is 0 Å². The van der Waals surface area contributed by atoms with Gasteiger partial charge in [-0.05, 0) is 20.3 Å². The standard InChI is InChI=1S/C18H30F4O4/c1-4-5-6-7-8-9-10-11-12-25-15(23)17(2,3)16(24)26-13-18(21,22)14(19)20/h14H,4-13H2,1-3H3. The molecule has 0 bridgehead atoms. The van der Waals surface area contributed by atoms with Gasteiger partial charge in [0.1, 0.15) is 0 Å². The molecule has 0 radical (unpaired) electrons. The summed E-state index contributed by atoms with van der Waals surface area (Å²) in [5.41, 5.74) is -1.83. The van der Waals surface area contributed by atoms with Gasteiger partial charge in [-0.15, -0.1) is 0 Å². The number of ether oxygens (including phenoxy) is 2. The molecule has 0 heterocycles. The summed E-state index contributed by atoms with van der Waals surface area (Å²) in [5.74, 6) is -6.70. The maximum atomic E-state index is 12.8. The van der Waals surface area contributed by atoms with Crippen LogP contribution in [-0.4, -0.2) is 37.5 Å². The van der Waals surface area contributed by atoms with Gasteiger partial charge in [-0.2, -0.15) is 8.78 Å². The highest BCUT2D eigenvalue weighted by atomic mass is 19.3. The molecule has 0 rings (SSSR count). The lowest BCUT2D eigenvalue weighted by Crippen LogP contribution is -2.40. The van der Waals surface area contributed by atoms with Crippen LogP contribution in [0.4, 0.5) is 17.6 Å². The van der Waals surface area contributed by atoms with Gasteiger partial charge in [-0.25, -0.2) is 8.78 Å². The van der Waals surface area contributed by atoms with Crippen molar-refractivity contribution in [1.29, 1.82) is 0 Å². The number of alkyl halides is 4. The molecule has 0 aliphatic carbocycles. The van der Waals surface area contributed by atoms with E-state index >= 15 is 0 Å². The van der Waals surface area contributed by atoms with E-state index in [-0.39, 0.29) is 6.61 Å². The smallest absolute Gasteiger partial charge is 0.340 e.